The van der Waals surface area contributed by atoms with Crippen LogP contribution in [-0.4, -0.2) is 176 Å². The maximum Gasteiger partial charge on any atom is 0.311 e. The van der Waals surface area contributed by atoms with E-state index in [1.54, 1.807) is 48.8 Å². The number of hydrogen-bond acceptors (Lipinski definition) is 16. The van der Waals surface area contributed by atoms with Crippen LogP contribution in [0.3, 0.4) is 0 Å². The molecule has 370 valence electrons. The summed E-state index contributed by atoms with van der Waals surface area (Å²) in [7, 11) is 7.17. The molecule has 10 unspecified atom stereocenters. The number of esters is 1. The van der Waals surface area contributed by atoms with E-state index in [2.05, 4.69) is 15.5 Å². The molecular weight excluding hydrogens is 827 g/mol. The summed E-state index contributed by atoms with van der Waals surface area (Å²) in [6, 6.07) is 8.75. The third-order valence-corrected chi connectivity index (χ3v) is 14.3. The molecule has 3 fully saturated rings. The lowest BCUT2D eigenvalue weighted by atomic mass is 9.75. The molecule has 3 aliphatic heterocycles. The Morgan fingerprint density at radius 2 is 1.61 bits per heavy atom. The Morgan fingerprint density at radius 3 is 2.22 bits per heavy atom. The van der Waals surface area contributed by atoms with Gasteiger partial charge in [-0.1, -0.05) is 39.0 Å². The van der Waals surface area contributed by atoms with Crippen LogP contribution in [0.15, 0.2) is 30.3 Å². The molecule has 0 saturated carbocycles. The van der Waals surface area contributed by atoms with E-state index in [4.69, 9.17) is 37.9 Å². The highest BCUT2D eigenvalue weighted by Gasteiger charge is 2.58. The molecular formula is C48H85N3O13. The number of carbonyl (C=O) groups excluding carboxylic acids is 1. The molecule has 3 aliphatic rings. The van der Waals surface area contributed by atoms with Crippen LogP contribution in [-0.2, 0) is 38.0 Å². The zero-order chi connectivity index (χ0) is 47.8. The quantitative estimate of drug-likeness (QED) is 0.110. The smallest absolute Gasteiger partial charge is 0.311 e. The van der Waals surface area contributed by atoms with Crippen molar-refractivity contribution in [2.45, 2.75) is 191 Å². The van der Waals surface area contributed by atoms with Gasteiger partial charge in [0, 0.05) is 45.8 Å². The molecule has 0 radical (unpaired) electrons. The van der Waals surface area contributed by atoms with E-state index in [1.165, 1.54) is 6.92 Å². The van der Waals surface area contributed by atoms with Crippen molar-refractivity contribution in [1.82, 2.24) is 15.5 Å². The number of aliphatic hydroxyl groups is 4. The van der Waals surface area contributed by atoms with Gasteiger partial charge < -0.3 is 73.9 Å². The van der Waals surface area contributed by atoms with Crippen molar-refractivity contribution in [3.05, 3.63) is 30.3 Å². The topological polar surface area (TPSA) is 199 Å². The van der Waals surface area contributed by atoms with Crippen molar-refractivity contribution in [2.24, 2.45) is 17.8 Å². The number of ether oxygens (including phenoxy) is 8. The Kier molecular flexibility index (Phi) is 19.9. The summed E-state index contributed by atoms with van der Waals surface area (Å²) in [5.74, 6) is -2.02. The molecule has 3 saturated heterocycles. The van der Waals surface area contributed by atoms with Crippen LogP contribution in [0.5, 0.6) is 5.75 Å². The van der Waals surface area contributed by atoms with Gasteiger partial charge in [-0.15, -0.1) is 0 Å². The van der Waals surface area contributed by atoms with Crippen molar-refractivity contribution < 1.29 is 63.1 Å². The predicted molar refractivity (Wildman–Crippen MR) is 243 cm³/mol. The van der Waals surface area contributed by atoms with Crippen LogP contribution in [0.25, 0.3) is 0 Å². The molecule has 18 atom stereocenters. The predicted octanol–water partition coefficient (Wildman–Crippen LogP) is 3.64. The van der Waals surface area contributed by atoms with Crippen LogP contribution >= 0.6 is 0 Å². The van der Waals surface area contributed by atoms with Crippen molar-refractivity contribution in [1.29, 1.82) is 0 Å². The normalized spacial score (nSPS) is 43.3. The number of para-hydroxylation sites is 1. The van der Waals surface area contributed by atoms with Gasteiger partial charge in [0.25, 0.3) is 0 Å². The van der Waals surface area contributed by atoms with Gasteiger partial charge in [-0.3, -0.25) is 4.79 Å². The fourth-order valence-corrected chi connectivity index (χ4v) is 10.1. The summed E-state index contributed by atoms with van der Waals surface area (Å²) in [4.78, 5) is 16.7. The average Bonchev–Trinajstić information content (AvgIpc) is 3.24. The maximum absolute atomic E-state index is 14.6. The Labute approximate surface area is 383 Å². The molecule has 1 aromatic rings. The SMILES string of the molecule is CCC1OC(=O)C(C)C(O[C@H]2C[C@@](C)(OC)[C@](O)(CNCCCOC)[C@H](C)O2)C(C)C(O[C@@H]2O[C@H](C)C[C@H](N(C)C)[C@H]2Oc2ccccc2)C(C)(O)CC(C)CNC(C)C(O)C1(C)O. The standard InChI is InChI=1S/C48H85N3O13/c1-15-37-47(10,55)41(52)33(6)50-27-29(2)25-45(8,54)42(64-44-40(61-35-20-17-16-18-21-35)36(51(11)12)24-30(3)59-44)31(4)39(32(5)43(53)62-37)63-38-26-46(9,58-14)48(56,34(7)60-38)28-49-22-19-23-57-13/h16-18,20-21,29-34,36-42,44,49-50,52,54-56H,15,19,22-28H2,1-14H3/t29?,30-,31?,32?,33?,34+,36+,37?,38+,39?,40-,41?,42?,44+,45?,46-,47?,48+/m1/s1. The summed E-state index contributed by atoms with van der Waals surface area (Å²) in [6.07, 6.45) is -6.19. The molecule has 16 nitrogen and oxygen atoms in total. The number of methoxy groups -OCH3 is 2. The van der Waals surface area contributed by atoms with Crippen molar-refractivity contribution in [3.63, 3.8) is 0 Å². The average molecular weight is 912 g/mol. The third kappa shape index (κ3) is 12.9. The number of cyclic esters (lactones) is 1. The summed E-state index contributed by atoms with van der Waals surface area (Å²) < 4.78 is 51.4. The van der Waals surface area contributed by atoms with Gasteiger partial charge in [0.1, 0.15) is 34.8 Å². The monoisotopic (exact) mass is 912 g/mol. The minimum atomic E-state index is -1.82. The van der Waals surface area contributed by atoms with Gasteiger partial charge in [-0.25, -0.2) is 0 Å². The molecule has 3 heterocycles. The number of aliphatic hydroxyl groups excluding tert-OH is 1. The lowest BCUT2D eigenvalue weighted by molar-refractivity contribution is -0.335. The van der Waals surface area contributed by atoms with E-state index in [9.17, 15) is 25.2 Å². The molecule has 6 N–H and O–H groups in total. The van der Waals surface area contributed by atoms with Gasteiger partial charge >= 0.3 is 5.97 Å². The number of carbonyl (C=O) groups is 1. The van der Waals surface area contributed by atoms with Gasteiger partial charge in [0.15, 0.2) is 18.7 Å². The zero-order valence-electron chi connectivity index (χ0n) is 41.2. The highest BCUT2D eigenvalue weighted by molar-refractivity contribution is 5.73. The summed E-state index contributed by atoms with van der Waals surface area (Å²) in [5, 5.41) is 55.1. The largest absolute Gasteiger partial charge is 0.483 e. The molecule has 16 heteroatoms. The first-order valence-electron chi connectivity index (χ1n) is 23.5. The third-order valence-electron chi connectivity index (χ3n) is 14.3. The second kappa shape index (κ2) is 23.3. The van der Waals surface area contributed by atoms with Crippen LogP contribution in [0.2, 0.25) is 0 Å². The van der Waals surface area contributed by atoms with Crippen molar-refractivity contribution in [2.75, 3.05) is 54.6 Å². The number of rotatable bonds is 15. The van der Waals surface area contributed by atoms with Crippen LogP contribution in [0, 0.1) is 17.8 Å². The molecule has 0 aromatic heterocycles. The Bertz CT molecular complexity index is 1560. The highest BCUT2D eigenvalue weighted by Crippen LogP contribution is 2.43. The fraction of sp³-hybridized carbons (Fsp3) is 0.854. The van der Waals surface area contributed by atoms with Crippen molar-refractivity contribution in [3.8, 4) is 5.75 Å². The molecule has 0 amide bonds. The minimum absolute atomic E-state index is 0.0802. The lowest BCUT2D eigenvalue weighted by Gasteiger charge is -2.53. The zero-order valence-corrected chi connectivity index (χ0v) is 41.2. The van der Waals surface area contributed by atoms with Gasteiger partial charge in [0.05, 0.1) is 42.0 Å². The number of nitrogens with one attached hydrogen (secondary N) is 2. The van der Waals surface area contributed by atoms with Gasteiger partial charge in [-0.2, -0.15) is 0 Å². The molecule has 0 aliphatic carbocycles. The van der Waals surface area contributed by atoms with Crippen molar-refractivity contribution >= 4 is 5.97 Å². The molecule has 0 bridgehead atoms. The molecule has 64 heavy (non-hydrogen) atoms. The number of hydrogen-bond donors (Lipinski definition) is 6. The van der Waals surface area contributed by atoms with Gasteiger partial charge in [-0.05, 0) is 119 Å². The van der Waals surface area contributed by atoms with Crippen LogP contribution < -0.4 is 15.4 Å². The van der Waals surface area contributed by atoms with E-state index in [1.807, 2.05) is 72.1 Å². The molecule has 4 rings (SSSR count). The Balaban J connectivity index is 1.83. The fourth-order valence-electron chi connectivity index (χ4n) is 10.1. The van der Waals surface area contributed by atoms with E-state index < -0.39 is 95.5 Å². The summed E-state index contributed by atoms with van der Waals surface area (Å²) in [6.45, 7) is 19.6. The second-order valence-corrected chi connectivity index (χ2v) is 19.9. The van der Waals surface area contributed by atoms with E-state index in [0.717, 1.165) is 6.42 Å². The Morgan fingerprint density at radius 1 is 0.938 bits per heavy atom. The second-order valence-electron chi connectivity index (χ2n) is 19.9. The molecule has 0 spiro atoms. The first-order valence-corrected chi connectivity index (χ1v) is 23.5. The molecule has 1 aromatic carbocycles. The number of likely N-dealkylation sites (N-methyl/N-ethyl adjacent to an activating group) is 1. The van der Waals surface area contributed by atoms with E-state index in [-0.39, 0.29) is 43.9 Å². The lowest BCUT2D eigenvalue weighted by Crippen LogP contribution is -2.70. The number of benzene rings is 1. The van der Waals surface area contributed by atoms with Gasteiger partial charge in [0.2, 0.25) is 0 Å². The van der Waals surface area contributed by atoms with E-state index >= 15 is 0 Å². The highest BCUT2D eigenvalue weighted by atomic mass is 16.7. The Hall–Kier alpha value is -2.03. The first-order chi connectivity index (χ1) is 30.0. The first kappa shape index (κ1) is 54.6. The van der Waals surface area contributed by atoms with Crippen LogP contribution in [0.1, 0.15) is 101 Å². The summed E-state index contributed by atoms with van der Waals surface area (Å²) >= 11 is 0. The minimum Gasteiger partial charge on any atom is -0.483 e. The van der Waals surface area contributed by atoms with E-state index in [0.29, 0.717) is 31.9 Å². The summed E-state index contributed by atoms with van der Waals surface area (Å²) in [5.41, 5.74) is -6.05. The maximum atomic E-state index is 14.6. The van der Waals surface area contributed by atoms with Crippen LogP contribution in [0.4, 0.5) is 0 Å². The number of nitrogens with zero attached hydrogens (tertiary/aromatic N) is 1.